The molecule has 1 heterocycles. The number of hydrogen-bond donors (Lipinski definition) is 1. The van der Waals surface area contributed by atoms with E-state index in [1.54, 1.807) is 6.20 Å². The predicted molar refractivity (Wildman–Crippen MR) is 113 cm³/mol. The molecule has 1 unspecified atom stereocenters. The molecule has 1 atom stereocenters. The van der Waals surface area contributed by atoms with Crippen molar-refractivity contribution in [2.24, 2.45) is 0 Å². The quantitative estimate of drug-likeness (QED) is 0.641. The van der Waals surface area contributed by atoms with Gasteiger partial charge in [-0.15, -0.1) is 11.3 Å². The lowest BCUT2D eigenvalue weighted by atomic mass is 10.1. The van der Waals surface area contributed by atoms with Gasteiger partial charge in [0.15, 0.2) is 0 Å². The second-order valence-corrected chi connectivity index (χ2v) is 8.07. The molecule has 0 saturated heterocycles. The van der Waals surface area contributed by atoms with E-state index in [0.717, 1.165) is 23.5 Å². The fraction of sp³-hybridized carbons (Fsp3) is 0.238. The molecule has 0 spiro atoms. The Morgan fingerprint density at radius 1 is 1.15 bits per heavy atom. The molecule has 140 valence electrons. The Bertz CT molecular complexity index is 895. The molecule has 2 aromatic carbocycles. The van der Waals surface area contributed by atoms with Gasteiger partial charge in [0.2, 0.25) is 0 Å². The van der Waals surface area contributed by atoms with Crippen molar-refractivity contribution in [2.75, 3.05) is 20.6 Å². The molecule has 3 aromatic rings. The first-order valence-electron chi connectivity index (χ1n) is 8.73. The normalized spacial score (nSPS) is 12.1. The van der Waals surface area contributed by atoms with Crippen molar-refractivity contribution >= 4 is 28.8 Å². The third-order valence-electron chi connectivity index (χ3n) is 4.08. The van der Waals surface area contributed by atoms with Crippen LogP contribution in [0.4, 0.5) is 0 Å². The Morgan fingerprint density at radius 2 is 1.85 bits per heavy atom. The highest BCUT2D eigenvalue weighted by atomic mass is 35.5. The van der Waals surface area contributed by atoms with Crippen LogP contribution in [-0.4, -0.2) is 42.5 Å². The molecule has 6 heteroatoms. The number of aromatic nitrogens is 1. The summed E-state index contributed by atoms with van der Waals surface area (Å²) in [6, 6.07) is 17.7. The van der Waals surface area contributed by atoms with E-state index in [1.165, 1.54) is 16.9 Å². The zero-order valence-electron chi connectivity index (χ0n) is 15.4. The van der Waals surface area contributed by atoms with Gasteiger partial charge in [-0.1, -0.05) is 60.1 Å². The smallest absolute Gasteiger partial charge is 0.263 e. The number of carbonyl (C=O) groups excluding carboxylic acids is 1. The highest BCUT2D eigenvalue weighted by molar-refractivity contribution is 7.17. The van der Waals surface area contributed by atoms with Crippen molar-refractivity contribution in [3.05, 3.63) is 76.3 Å². The largest absolute Gasteiger partial charge is 0.347 e. The van der Waals surface area contributed by atoms with Crippen LogP contribution < -0.4 is 5.32 Å². The van der Waals surface area contributed by atoms with E-state index in [9.17, 15) is 4.79 Å². The van der Waals surface area contributed by atoms with E-state index in [4.69, 9.17) is 11.6 Å². The van der Waals surface area contributed by atoms with Gasteiger partial charge in [0.05, 0.1) is 11.2 Å². The summed E-state index contributed by atoms with van der Waals surface area (Å²) < 4.78 is 0. The molecule has 0 aliphatic carbocycles. The molecule has 0 aliphatic rings. The summed E-state index contributed by atoms with van der Waals surface area (Å²) in [4.78, 5) is 19.8. The fourth-order valence-corrected chi connectivity index (χ4v) is 4.04. The van der Waals surface area contributed by atoms with Crippen molar-refractivity contribution < 1.29 is 4.79 Å². The maximum absolute atomic E-state index is 12.8. The molecule has 0 fully saturated rings. The van der Waals surface area contributed by atoms with Gasteiger partial charge in [-0.2, -0.15) is 0 Å². The van der Waals surface area contributed by atoms with Gasteiger partial charge in [0.25, 0.3) is 5.91 Å². The monoisotopic (exact) mass is 399 g/mol. The number of likely N-dealkylation sites (N-methyl/N-ethyl adjacent to an activating group) is 1. The second-order valence-electron chi connectivity index (χ2n) is 6.63. The maximum Gasteiger partial charge on any atom is 0.263 e. The number of nitrogens with one attached hydrogen (secondary N) is 1. The topological polar surface area (TPSA) is 45.2 Å². The number of rotatable bonds is 7. The van der Waals surface area contributed by atoms with Gasteiger partial charge >= 0.3 is 0 Å². The minimum Gasteiger partial charge on any atom is -0.347 e. The van der Waals surface area contributed by atoms with Gasteiger partial charge in [0, 0.05) is 18.2 Å². The highest BCUT2D eigenvalue weighted by Gasteiger charge is 2.18. The van der Waals surface area contributed by atoms with Crippen molar-refractivity contribution in [1.29, 1.82) is 0 Å². The van der Waals surface area contributed by atoms with Crippen LogP contribution in [0.5, 0.6) is 0 Å². The van der Waals surface area contributed by atoms with Crippen LogP contribution in [-0.2, 0) is 6.42 Å². The molecule has 0 bridgehead atoms. The Kier molecular flexibility index (Phi) is 6.61. The number of benzene rings is 2. The summed E-state index contributed by atoms with van der Waals surface area (Å²) in [5.41, 5.74) is 2.04. The minimum atomic E-state index is -0.103. The third-order valence-corrected chi connectivity index (χ3v) is 5.44. The van der Waals surface area contributed by atoms with Crippen LogP contribution in [0.1, 0.15) is 15.2 Å². The molecule has 1 N–H and O–H groups in total. The van der Waals surface area contributed by atoms with Crippen molar-refractivity contribution in [3.8, 4) is 10.6 Å². The molecular formula is C21H22ClN3OS. The van der Waals surface area contributed by atoms with Gasteiger partial charge in [-0.05, 0) is 32.1 Å². The van der Waals surface area contributed by atoms with E-state index < -0.39 is 0 Å². The summed E-state index contributed by atoms with van der Waals surface area (Å²) >= 11 is 7.59. The molecule has 3 rings (SSSR count). The Labute approximate surface area is 168 Å². The lowest BCUT2D eigenvalue weighted by Gasteiger charge is -2.22. The lowest BCUT2D eigenvalue weighted by molar-refractivity contribution is 0.0934. The Hall–Kier alpha value is -2.21. The number of halogens is 1. The maximum atomic E-state index is 12.8. The molecule has 1 aromatic heterocycles. The third kappa shape index (κ3) is 5.39. The van der Waals surface area contributed by atoms with Crippen LogP contribution in [0, 0.1) is 0 Å². The molecule has 0 radical (unpaired) electrons. The lowest BCUT2D eigenvalue weighted by Crippen LogP contribution is -2.42. The zero-order valence-corrected chi connectivity index (χ0v) is 16.9. The molecule has 1 amide bonds. The molecule has 4 nitrogen and oxygen atoms in total. The van der Waals surface area contributed by atoms with Crippen LogP contribution >= 0.6 is 22.9 Å². The number of thiazole rings is 1. The van der Waals surface area contributed by atoms with Crippen molar-refractivity contribution in [3.63, 3.8) is 0 Å². The Morgan fingerprint density at radius 3 is 2.56 bits per heavy atom. The van der Waals surface area contributed by atoms with Crippen LogP contribution in [0.15, 0.2) is 60.8 Å². The zero-order chi connectivity index (χ0) is 19.2. The molecular weight excluding hydrogens is 378 g/mol. The van der Waals surface area contributed by atoms with E-state index >= 15 is 0 Å². The summed E-state index contributed by atoms with van der Waals surface area (Å²) in [5, 5.41) is 4.53. The van der Waals surface area contributed by atoms with Crippen molar-refractivity contribution in [2.45, 2.75) is 12.5 Å². The summed E-state index contributed by atoms with van der Waals surface area (Å²) in [6.45, 7) is 0.761. The SMILES string of the molecule is CN(C)CC(Cc1ccccc1)NC(=O)c1cnc(-c2ccccc2Cl)s1. The average Bonchev–Trinajstić information content (AvgIpc) is 3.12. The molecule has 27 heavy (non-hydrogen) atoms. The first-order valence-corrected chi connectivity index (χ1v) is 9.92. The van der Waals surface area contributed by atoms with Gasteiger partial charge in [-0.3, -0.25) is 4.79 Å². The molecule has 0 aliphatic heterocycles. The fourth-order valence-electron chi connectivity index (χ4n) is 2.90. The first kappa shape index (κ1) is 19.5. The average molecular weight is 400 g/mol. The van der Waals surface area contributed by atoms with E-state index in [0.29, 0.717) is 9.90 Å². The summed E-state index contributed by atoms with van der Waals surface area (Å²) in [5.74, 6) is -0.103. The first-order chi connectivity index (χ1) is 13.0. The highest BCUT2D eigenvalue weighted by Crippen LogP contribution is 2.30. The number of carbonyl (C=O) groups is 1. The number of hydrogen-bond acceptors (Lipinski definition) is 4. The van der Waals surface area contributed by atoms with Gasteiger partial charge < -0.3 is 10.2 Å². The van der Waals surface area contributed by atoms with Gasteiger partial charge in [-0.25, -0.2) is 4.98 Å². The number of amides is 1. The van der Waals surface area contributed by atoms with E-state index in [-0.39, 0.29) is 11.9 Å². The predicted octanol–water partition coefficient (Wildman–Crippen LogP) is 4.37. The molecule has 0 saturated carbocycles. The van der Waals surface area contributed by atoms with Crippen LogP contribution in [0.2, 0.25) is 5.02 Å². The minimum absolute atomic E-state index is 0.0146. The van der Waals surface area contributed by atoms with Crippen LogP contribution in [0.3, 0.4) is 0 Å². The van der Waals surface area contributed by atoms with Crippen LogP contribution in [0.25, 0.3) is 10.6 Å². The number of nitrogens with zero attached hydrogens (tertiary/aromatic N) is 2. The second kappa shape index (κ2) is 9.13. The van der Waals surface area contributed by atoms with Crippen molar-refractivity contribution in [1.82, 2.24) is 15.2 Å². The summed E-state index contributed by atoms with van der Waals surface area (Å²) in [7, 11) is 4.01. The van der Waals surface area contributed by atoms with E-state index in [1.807, 2.05) is 56.6 Å². The standard InChI is InChI=1S/C21H22ClN3OS/c1-25(2)14-16(12-15-8-4-3-5-9-15)24-20(26)19-13-23-21(27-19)17-10-6-7-11-18(17)22/h3-11,13,16H,12,14H2,1-2H3,(H,24,26). The van der Waals surface area contributed by atoms with E-state index in [2.05, 4.69) is 27.3 Å². The Balaban J connectivity index is 1.73. The van der Waals surface area contributed by atoms with Gasteiger partial charge in [0.1, 0.15) is 9.88 Å². The summed E-state index contributed by atoms with van der Waals surface area (Å²) in [6.07, 6.45) is 2.40.